The van der Waals surface area contributed by atoms with E-state index in [4.69, 9.17) is 25.8 Å². The highest BCUT2D eigenvalue weighted by Gasteiger charge is 2.48. The number of ketones is 1. The van der Waals surface area contributed by atoms with Crippen LogP contribution in [0.5, 0.6) is 17.2 Å². The highest BCUT2D eigenvalue weighted by atomic mass is 35.5. The van der Waals surface area contributed by atoms with E-state index in [1.807, 2.05) is 45.0 Å². The summed E-state index contributed by atoms with van der Waals surface area (Å²) in [4.78, 5) is 28.9. The molecule has 0 saturated carbocycles. The number of hydrogen-bond donors (Lipinski definition) is 1. The van der Waals surface area contributed by atoms with Crippen LogP contribution in [0.1, 0.15) is 55.5 Å². The first-order valence-electron chi connectivity index (χ1n) is 15.0. The third kappa shape index (κ3) is 6.31. The number of ether oxygens (including phenoxy) is 3. The molecule has 4 aromatic rings. The van der Waals surface area contributed by atoms with E-state index in [9.17, 15) is 14.7 Å². The Morgan fingerprint density at radius 1 is 1.09 bits per heavy atom. The van der Waals surface area contributed by atoms with Crippen molar-refractivity contribution in [2.24, 2.45) is 0 Å². The van der Waals surface area contributed by atoms with Crippen LogP contribution in [0.4, 0.5) is 5.13 Å². The lowest BCUT2D eigenvalue weighted by Crippen LogP contribution is -2.29. The molecule has 6 rings (SSSR count). The van der Waals surface area contributed by atoms with Gasteiger partial charge in [-0.15, -0.1) is 10.2 Å². The van der Waals surface area contributed by atoms with Gasteiger partial charge in [0.25, 0.3) is 5.78 Å². The minimum Gasteiger partial charge on any atom is -0.507 e. The molecule has 3 heterocycles. The van der Waals surface area contributed by atoms with E-state index in [1.54, 1.807) is 36.4 Å². The van der Waals surface area contributed by atoms with Gasteiger partial charge in [0.15, 0.2) is 15.8 Å². The number of fused-ring (bicyclic) bond motifs is 1. The molecule has 46 heavy (non-hydrogen) atoms. The second kappa shape index (κ2) is 13.7. The molecule has 1 saturated heterocycles. The first kappa shape index (κ1) is 31.9. The highest BCUT2D eigenvalue weighted by molar-refractivity contribution is 8.00. The van der Waals surface area contributed by atoms with E-state index in [-0.39, 0.29) is 22.6 Å². The summed E-state index contributed by atoms with van der Waals surface area (Å²) in [7, 11) is 0. The van der Waals surface area contributed by atoms with Gasteiger partial charge in [-0.05, 0) is 73.4 Å². The molecule has 2 aliphatic rings. The largest absolute Gasteiger partial charge is 0.507 e. The molecule has 1 N–H and O–H groups in total. The first-order chi connectivity index (χ1) is 22.3. The Balaban J connectivity index is 1.43. The SMILES string of the molecule is CCCOc1ccc(C2/C(=C(/O)c3ccc4c(c3)CC(C)O4)C(=O)C(=O)N2c2nnc(SCc3ccccc3Cl)s2)cc1OCC. The van der Waals surface area contributed by atoms with Gasteiger partial charge in [0.05, 0.1) is 24.8 Å². The molecule has 0 radical (unpaired) electrons. The van der Waals surface area contributed by atoms with Gasteiger partial charge >= 0.3 is 5.91 Å². The summed E-state index contributed by atoms with van der Waals surface area (Å²) < 4.78 is 18.2. The number of rotatable bonds is 11. The predicted molar refractivity (Wildman–Crippen MR) is 179 cm³/mol. The lowest BCUT2D eigenvalue weighted by Gasteiger charge is -2.23. The highest BCUT2D eigenvalue weighted by Crippen LogP contribution is 2.46. The number of aromatic nitrogens is 2. The van der Waals surface area contributed by atoms with E-state index in [0.717, 1.165) is 23.3 Å². The number of nitrogens with zero attached hydrogens (tertiary/aromatic N) is 3. The smallest absolute Gasteiger partial charge is 0.301 e. The van der Waals surface area contributed by atoms with E-state index in [1.165, 1.54) is 28.0 Å². The number of amides is 1. The molecular formula is C34H32ClN3O6S2. The van der Waals surface area contributed by atoms with E-state index >= 15 is 0 Å². The maximum atomic E-state index is 13.8. The fourth-order valence-corrected chi connectivity index (χ4v) is 7.63. The zero-order valence-corrected chi connectivity index (χ0v) is 27.9. The van der Waals surface area contributed by atoms with Crippen molar-refractivity contribution in [2.45, 2.75) is 55.9 Å². The first-order valence-corrected chi connectivity index (χ1v) is 17.2. The van der Waals surface area contributed by atoms with Crippen LogP contribution >= 0.6 is 34.7 Å². The van der Waals surface area contributed by atoms with Crippen molar-refractivity contribution in [3.63, 3.8) is 0 Å². The Kier molecular flexibility index (Phi) is 9.53. The van der Waals surface area contributed by atoms with Gasteiger partial charge in [-0.2, -0.15) is 0 Å². The summed E-state index contributed by atoms with van der Waals surface area (Å²) in [5.41, 5.74) is 2.77. The Labute approximate surface area is 280 Å². The number of thioether (sulfide) groups is 1. The van der Waals surface area contributed by atoms with Crippen molar-refractivity contribution in [2.75, 3.05) is 18.1 Å². The lowest BCUT2D eigenvalue weighted by molar-refractivity contribution is -0.132. The van der Waals surface area contributed by atoms with Gasteiger partial charge < -0.3 is 19.3 Å². The summed E-state index contributed by atoms with van der Waals surface area (Å²) in [5, 5.41) is 21.2. The molecule has 0 spiro atoms. The summed E-state index contributed by atoms with van der Waals surface area (Å²) in [5.74, 6) is 0.386. The van der Waals surface area contributed by atoms with Gasteiger partial charge in [-0.1, -0.05) is 65.9 Å². The number of benzene rings is 3. The van der Waals surface area contributed by atoms with Crippen LogP contribution in [0, 0.1) is 0 Å². The molecule has 0 bridgehead atoms. The number of carbonyl (C=O) groups excluding carboxylic acids is 2. The molecule has 1 aromatic heterocycles. The molecule has 2 unspecified atom stereocenters. The van der Waals surface area contributed by atoms with Crippen molar-refractivity contribution >= 4 is 57.3 Å². The van der Waals surface area contributed by atoms with E-state index in [0.29, 0.717) is 57.4 Å². The summed E-state index contributed by atoms with van der Waals surface area (Å²) in [6.07, 6.45) is 1.49. The maximum absolute atomic E-state index is 13.8. The van der Waals surface area contributed by atoms with Gasteiger partial charge in [0.2, 0.25) is 5.13 Å². The minimum absolute atomic E-state index is 0.00536. The van der Waals surface area contributed by atoms with Crippen LogP contribution in [0.15, 0.2) is 70.6 Å². The molecule has 2 aliphatic heterocycles. The minimum atomic E-state index is -1.00. The number of carbonyl (C=O) groups is 2. The number of aliphatic hydroxyl groups excluding tert-OH is 1. The Morgan fingerprint density at radius 3 is 2.70 bits per heavy atom. The molecule has 9 nitrogen and oxygen atoms in total. The third-order valence-electron chi connectivity index (χ3n) is 7.57. The Hall–Kier alpha value is -4.06. The van der Waals surface area contributed by atoms with Crippen LogP contribution < -0.4 is 19.1 Å². The molecule has 3 aromatic carbocycles. The van der Waals surface area contributed by atoms with Gasteiger partial charge in [-0.3, -0.25) is 14.5 Å². The number of anilines is 1. The van der Waals surface area contributed by atoms with Gasteiger partial charge in [0, 0.05) is 22.8 Å². The molecule has 238 valence electrons. The second-order valence-electron chi connectivity index (χ2n) is 10.8. The van der Waals surface area contributed by atoms with Crippen molar-refractivity contribution < 1.29 is 28.9 Å². The third-order valence-corrected chi connectivity index (χ3v) is 10.0. The van der Waals surface area contributed by atoms with Crippen LogP contribution in [0.3, 0.4) is 0 Å². The lowest BCUT2D eigenvalue weighted by atomic mass is 9.94. The maximum Gasteiger partial charge on any atom is 0.301 e. The van der Waals surface area contributed by atoms with Crippen molar-refractivity contribution in [1.82, 2.24) is 10.2 Å². The second-order valence-corrected chi connectivity index (χ2v) is 13.4. The van der Waals surface area contributed by atoms with Crippen molar-refractivity contribution in [1.29, 1.82) is 0 Å². The standard InChI is InChI=1S/C34H32ClN3O6S2/c1-4-14-43-26-13-10-20(17-27(26)42-5-2)29-28(30(39)21-11-12-25-23(16-21)15-19(3)44-25)31(40)32(41)38(29)33-36-37-34(46-33)45-18-22-8-6-7-9-24(22)35/h6-13,16-17,19,29,39H,4-5,14-15,18H2,1-3H3/b30-28-. The quantitative estimate of drug-likeness (QED) is 0.0563. The number of aliphatic hydroxyl groups is 1. The van der Waals surface area contributed by atoms with Crippen LogP contribution in [-0.4, -0.2) is 46.3 Å². The molecule has 1 amide bonds. The Morgan fingerprint density at radius 2 is 1.91 bits per heavy atom. The van der Waals surface area contributed by atoms with E-state index < -0.39 is 17.7 Å². The number of halogens is 1. The van der Waals surface area contributed by atoms with Crippen LogP contribution in [0.25, 0.3) is 5.76 Å². The summed E-state index contributed by atoms with van der Waals surface area (Å²) >= 11 is 8.96. The average Bonchev–Trinajstić information content (AvgIpc) is 3.74. The molecule has 2 atom stereocenters. The summed E-state index contributed by atoms with van der Waals surface area (Å²) in [6.45, 7) is 6.72. The number of Topliss-reactive ketones (excluding diaryl/α,β-unsaturated/α-hetero) is 1. The average molecular weight is 678 g/mol. The monoisotopic (exact) mass is 677 g/mol. The molecular weight excluding hydrogens is 646 g/mol. The topological polar surface area (TPSA) is 111 Å². The van der Waals surface area contributed by atoms with Crippen molar-refractivity contribution in [3.05, 3.63) is 93.5 Å². The zero-order chi connectivity index (χ0) is 32.4. The molecule has 0 aliphatic carbocycles. The number of hydrogen-bond acceptors (Lipinski definition) is 10. The van der Waals surface area contributed by atoms with Gasteiger partial charge in [0.1, 0.15) is 17.6 Å². The van der Waals surface area contributed by atoms with E-state index in [2.05, 4.69) is 10.2 Å². The summed E-state index contributed by atoms with van der Waals surface area (Å²) in [6, 6.07) is 17.1. The Bertz CT molecular complexity index is 1830. The zero-order valence-electron chi connectivity index (χ0n) is 25.5. The van der Waals surface area contributed by atoms with Crippen LogP contribution in [-0.2, 0) is 21.8 Å². The molecule has 1 fully saturated rings. The fourth-order valence-electron chi connectivity index (χ4n) is 5.48. The van der Waals surface area contributed by atoms with Crippen molar-refractivity contribution in [3.8, 4) is 17.2 Å². The molecule has 12 heteroatoms. The normalized spacial score (nSPS) is 18.5. The fraction of sp³-hybridized carbons (Fsp3) is 0.294. The van der Waals surface area contributed by atoms with Crippen LogP contribution in [0.2, 0.25) is 5.02 Å². The van der Waals surface area contributed by atoms with Gasteiger partial charge in [-0.25, -0.2) is 0 Å². The predicted octanol–water partition coefficient (Wildman–Crippen LogP) is 7.62.